The lowest BCUT2D eigenvalue weighted by molar-refractivity contribution is -0.144. The summed E-state index contributed by atoms with van der Waals surface area (Å²) in [5, 5.41) is 11.8. The Hall–Kier alpha value is -1.63. The summed E-state index contributed by atoms with van der Waals surface area (Å²) in [6, 6.07) is -1.38. The summed E-state index contributed by atoms with van der Waals surface area (Å²) in [5.41, 5.74) is 5.99. The smallest absolute Gasteiger partial charge is 0.326 e. The number of likely N-dealkylation sites (tertiary alicyclic amines) is 1. The Morgan fingerprint density at radius 3 is 2.17 bits per heavy atom. The Labute approximate surface area is 144 Å². The lowest BCUT2D eigenvalue weighted by Crippen LogP contribution is -2.52. The molecule has 0 aromatic heterocycles. The number of carbonyl (C=O) groups is 3. The van der Waals surface area contributed by atoms with Crippen LogP contribution < -0.4 is 11.1 Å². The maximum atomic E-state index is 12.4. The average Bonchev–Trinajstić information content (AvgIpc) is 2.56. The number of hydrogen-bond acceptors (Lipinski definition) is 4. The van der Waals surface area contributed by atoms with E-state index in [0.717, 1.165) is 6.42 Å². The molecule has 7 nitrogen and oxygen atoms in total. The first-order valence-corrected chi connectivity index (χ1v) is 8.76. The van der Waals surface area contributed by atoms with Crippen LogP contribution in [0, 0.1) is 17.8 Å². The van der Waals surface area contributed by atoms with Gasteiger partial charge in [-0.1, -0.05) is 34.1 Å². The van der Waals surface area contributed by atoms with Crippen molar-refractivity contribution in [1.82, 2.24) is 10.2 Å². The number of nitrogens with zero attached hydrogens (tertiary/aromatic N) is 1. The summed E-state index contributed by atoms with van der Waals surface area (Å²) in [6.45, 7) is 8.46. The largest absolute Gasteiger partial charge is 0.480 e. The van der Waals surface area contributed by atoms with Crippen molar-refractivity contribution in [2.24, 2.45) is 23.5 Å². The molecular formula is C17H31N3O4. The molecule has 0 spiro atoms. The van der Waals surface area contributed by atoms with Crippen molar-refractivity contribution in [2.75, 3.05) is 13.1 Å². The van der Waals surface area contributed by atoms with Crippen molar-refractivity contribution in [3.63, 3.8) is 0 Å². The molecule has 0 radical (unpaired) electrons. The standard InChI is InChI=1S/C17H31N3O4/c1-5-11(4)13(18)16(22)20-8-6-12(7-9-20)15(21)19-14(10(2)3)17(23)24/h10-14H,5-9,18H2,1-4H3,(H,19,21)(H,23,24)/t11-,13-,14+/m0/s1. The molecule has 24 heavy (non-hydrogen) atoms. The van der Waals surface area contributed by atoms with Gasteiger partial charge in [0.2, 0.25) is 11.8 Å². The summed E-state index contributed by atoms with van der Waals surface area (Å²) < 4.78 is 0. The van der Waals surface area contributed by atoms with Gasteiger partial charge >= 0.3 is 5.97 Å². The number of hydrogen-bond donors (Lipinski definition) is 3. The third-order valence-electron chi connectivity index (χ3n) is 4.95. The molecule has 7 heteroatoms. The van der Waals surface area contributed by atoms with E-state index in [1.54, 1.807) is 18.7 Å². The zero-order chi connectivity index (χ0) is 18.4. The van der Waals surface area contributed by atoms with E-state index in [1.807, 2.05) is 13.8 Å². The molecule has 0 aliphatic carbocycles. The van der Waals surface area contributed by atoms with Crippen LogP contribution in [-0.2, 0) is 14.4 Å². The number of aliphatic carboxylic acids is 1. The lowest BCUT2D eigenvalue weighted by Gasteiger charge is -2.34. The van der Waals surface area contributed by atoms with Crippen molar-refractivity contribution in [3.8, 4) is 0 Å². The highest BCUT2D eigenvalue weighted by atomic mass is 16.4. The molecule has 1 fully saturated rings. The Bertz CT molecular complexity index is 459. The normalized spacial score (nSPS) is 19.7. The number of carboxylic acids is 1. The first-order chi connectivity index (χ1) is 11.2. The van der Waals surface area contributed by atoms with Crippen molar-refractivity contribution in [2.45, 2.75) is 59.0 Å². The zero-order valence-electron chi connectivity index (χ0n) is 15.1. The quantitative estimate of drug-likeness (QED) is 0.635. The molecule has 1 rings (SSSR count). The van der Waals surface area contributed by atoms with Gasteiger partial charge in [-0.2, -0.15) is 0 Å². The minimum Gasteiger partial charge on any atom is -0.480 e. The second-order valence-corrected chi connectivity index (χ2v) is 7.08. The van der Waals surface area contributed by atoms with E-state index >= 15 is 0 Å². The number of nitrogens with two attached hydrogens (primary N) is 1. The molecule has 0 unspecified atom stereocenters. The number of carbonyl (C=O) groups excluding carboxylic acids is 2. The summed E-state index contributed by atoms with van der Waals surface area (Å²) in [7, 11) is 0. The molecule has 3 atom stereocenters. The van der Waals surface area contributed by atoms with Crippen molar-refractivity contribution < 1.29 is 19.5 Å². The monoisotopic (exact) mass is 341 g/mol. The Kier molecular flexibility index (Phi) is 7.66. The Morgan fingerprint density at radius 1 is 1.21 bits per heavy atom. The number of amides is 2. The molecule has 4 N–H and O–H groups in total. The van der Waals surface area contributed by atoms with Gasteiger partial charge in [-0.25, -0.2) is 4.79 Å². The van der Waals surface area contributed by atoms with Gasteiger partial charge in [0, 0.05) is 19.0 Å². The average molecular weight is 341 g/mol. The molecule has 2 amide bonds. The molecule has 1 heterocycles. The van der Waals surface area contributed by atoms with Gasteiger partial charge in [-0.3, -0.25) is 9.59 Å². The molecular weight excluding hydrogens is 310 g/mol. The zero-order valence-corrected chi connectivity index (χ0v) is 15.1. The van der Waals surface area contributed by atoms with E-state index in [9.17, 15) is 14.4 Å². The molecule has 0 saturated carbocycles. The van der Waals surface area contributed by atoms with E-state index in [2.05, 4.69) is 5.32 Å². The first-order valence-electron chi connectivity index (χ1n) is 8.76. The molecule has 0 aromatic carbocycles. The number of carboxylic acid groups (broad SMARTS) is 1. The fourth-order valence-corrected chi connectivity index (χ4v) is 2.85. The fourth-order valence-electron chi connectivity index (χ4n) is 2.85. The van der Waals surface area contributed by atoms with Crippen molar-refractivity contribution >= 4 is 17.8 Å². The minimum absolute atomic E-state index is 0.0613. The summed E-state index contributed by atoms with van der Waals surface area (Å²) in [4.78, 5) is 37.5. The summed E-state index contributed by atoms with van der Waals surface area (Å²) >= 11 is 0. The summed E-state index contributed by atoms with van der Waals surface area (Å²) in [6.07, 6.45) is 1.92. The minimum atomic E-state index is -1.02. The van der Waals surface area contributed by atoms with Crippen LogP contribution in [0.4, 0.5) is 0 Å². The van der Waals surface area contributed by atoms with Gasteiger partial charge in [0.05, 0.1) is 6.04 Å². The van der Waals surface area contributed by atoms with Crippen LogP contribution in [0.25, 0.3) is 0 Å². The predicted molar refractivity (Wildman–Crippen MR) is 91.1 cm³/mol. The SMILES string of the molecule is CC[C@H](C)[C@H](N)C(=O)N1CCC(C(=O)N[C@@H](C(=O)O)C(C)C)CC1. The Morgan fingerprint density at radius 2 is 1.75 bits per heavy atom. The molecule has 138 valence electrons. The molecule has 1 aliphatic rings. The van der Waals surface area contributed by atoms with E-state index in [-0.39, 0.29) is 29.6 Å². The highest BCUT2D eigenvalue weighted by Gasteiger charge is 2.33. The van der Waals surface area contributed by atoms with Gasteiger partial charge in [0.25, 0.3) is 0 Å². The van der Waals surface area contributed by atoms with Gasteiger partial charge < -0.3 is 21.1 Å². The lowest BCUT2D eigenvalue weighted by atomic mass is 9.93. The predicted octanol–water partition coefficient (Wildman–Crippen LogP) is 0.824. The van der Waals surface area contributed by atoms with Crippen LogP contribution in [0.5, 0.6) is 0 Å². The third-order valence-corrected chi connectivity index (χ3v) is 4.95. The van der Waals surface area contributed by atoms with Gasteiger partial charge in [0.1, 0.15) is 6.04 Å². The molecule has 0 aromatic rings. The third kappa shape index (κ3) is 5.19. The molecule has 1 aliphatic heterocycles. The number of nitrogens with one attached hydrogen (secondary N) is 1. The van der Waals surface area contributed by atoms with E-state index in [4.69, 9.17) is 10.8 Å². The molecule has 1 saturated heterocycles. The van der Waals surface area contributed by atoms with E-state index in [0.29, 0.717) is 25.9 Å². The maximum absolute atomic E-state index is 12.4. The van der Waals surface area contributed by atoms with Crippen LogP contribution in [0.15, 0.2) is 0 Å². The second kappa shape index (κ2) is 9.01. The van der Waals surface area contributed by atoms with E-state index in [1.165, 1.54) is 0 Å². The Balaban J connectivity index is 2.54. The van der Waals surface area contributed by atoms with Gasteiger partial charge in [0.15, 0.2) is 0 Å². The van der Waals surface area contributed by atoms with Crippen LogP contribution >= 0.6 is 0 Å². The fraction of sp³-hybridized carbons (Fsp3) is 0.824. The maximum Gasteiger partial charge on any atom is 0.326 e. The van der Waals surface area contributed by atoms with Crippen LogP contribution in [0.1, 0.15) is 47.0 Å². The van der Waals surface area contributed by atoms with Gasteiger partial charge in [-0.05, 0) is 24.7 Å². The number of rotatable bonds is 7. The van der Waals surface area contributed by atoms with Crippen molar-refractivity contribution in [3.05, 3.63) is 0 Å². The number of piperidine rings is 1. The first kappa shape index (κ1) is 20.4. The van der Waals surface area contributed by atoms with Crippen LogP contribution in [-0.4, -0.2) is 53.0 Å². The molecule has 0 bridgehead atoms. The highest BCUT2D eigenvalue weighted by molar-refractivity contribution is 5.86. The second-order valence-electron chi connectivity index (χ2n) is 7.08. The van der Waals surface area contributed by atoms with Gasteiger partial charge in [-0.15, -0.1) is 0 Å². The van der Waals surface area contributed by atoms with Crippen LogP contribution in [0.2, 0.25) is 0 Å². The topological polar surface area (TPSA) is 113 Å². The van der Waals surface area contributed by atoms with Crippen molar-refractivity contribution in [1.29, 1.82) is 0 Å². The highest BCUT2D eigenvalue weighted by Crippen LogP contribution is 2.20. The van der Waals surface area contributed by atoms with Crippen LogP contribution in [0.3, 0.4) is 0 Å². The summed E-state index contributed by atoms with van der Waals surface area (Å²) in [5.74, 6) is -1.63. The van der Waals surface area contributed by atoms with E-state index < -0.39 is 18.1 Å².